The van der Waals surface area contributed by atoms with Crippen LogP contribution in [-0.4, -0.2) is 31.1 Å². The van der Waals surface area contributed by atoms with E-state index < -0.39 is 15.9 Å². The molecule has 0 saturated carbocycles. The van der Waals surface area contributed by atoms with Gasteiger partial charge in [-0.1, -0.05) is 56.4 Å². The van der Waals surface area contributed by atoms with Crippen molar-refractivity contribution in [3.05, 3.63) is 64.7 Å². The summed E-state index contributed by atoms with van der Waals surface area (Å²) < 4.78 is 28.2. The summed E-state index contributed by atoms with van der Waals surface area (Å²) in [5.41, 5.74) is 1.79. The number of anilines is 2. The van der Waals surface area contributed by atoms with Crippen LogP contribution in [0.5, 0.6) is 0 Å². The van der Waals surface area contributed by atoms with Crippen molar-refractivity contribution in [1.82, 2.24) is 10.2 Å². The summed E-state index contributed by atoms with van der Waals surface area (Å²) in [5.74, 6) is -0.423. The van der Waals surface area contributed by atoms with Crippen molar-refractivity contribution < 1.29 is 13.2 Å². The molecule has 0 radical (unpaired) electrons. The molecule has 9 heteroatoms. The van der Waals surface area contributed by atoms with Gasteiger partial charge in [0.15, 0.2) is 0 Å². The number of aromatic nitrogens is 2. The molecule has 2 heterocycles. The van der Waals surface area contributed by atoms with Gasteiger partial charge in [-0.2, -0.15) is 0 Å². The second-order valence-electron chi connectivity index (χ2n) is 8.45. The van der Waals surface area contributed by atoms with Crippen molar-refractivity contribution in [3.63, 3.8) is 0 Å². The van der Waals surface area contributed by atoms with Gasteiger partial charge >= 0.3 is 0 Å². The molecule has 1 aromatic heterocycles. The molecule has 7 nitrogen and oxygen atoms in total. The second kappa shape index (κ2) is 8.05. The van der Waals surface area contributed by atoms with Crippen molar-refractivity contribution >= 4 is 38.1 Å². The van der Waals surface area contributed by atoms with Gasteiger partial charge in [0.05, 0.1) is 10.6 Å². The van der Waals surface area contributed by atoms with E-state index in [2.05, 4.69) is 15.5 Å². The number of sulfonamides is 1. The lowest BCUT2D eigenvalue weighted by molar-refractivity contribution is 0.102. The van der Waals surface area contributed by atoms with Crippen molar-refractivity contribution in [1.29, 1.82) is 0 Å². The summed E-state index contributed by atoms with van der Waals surface area (Å²) in [6.07, 6.45) is 1.60. The lowest BCUT2D eigenvalue weighted by Crippen LogP contribution is -2.35. The number of rotatable bonds is 4. The quantitative estimate of drug-likeness (QED) is 0.634. The molecule has 0 fully saturated rings. The molecule has 1 amide bonds. The van der Waals surface area contributed by atoms with E-state index in [0.29, 0.717) is 17.4 Å². The molecular formula is C22H24N4O3S2. The van der Waals surface area contributed by atoms with Gasteiger partial charge in [-0.15, -0.1) is 10.2 Å². The molecule has 0 bridgehead atoms. The van der Waals surface area contributed by atoms with E-state index in [1.807, 2.05) is 45.0 Å². The molecule has 31 heavy (non-hydrogen) atoms. The molecule has 1 aliphatic heterocycles. The number of carbonyl (C=O) groups excluding carboxylic acids is 1. The van der Waals surface area contributed by atoms with Gasteiger partial charge in [-0.3, -0.25) is 14.4 Å². The zero-order valence-corrected chi connectivity index (χ0v) is 19.3. The fourth-order valence-corrected chi connectivity index (χ4v) is 5.80. The zero-order chi connectivity index (χ0) is 22.2. The summed E-state index contributed by atoms with van der Waals surface area (Å²) in [7, 11) is -3.79. The topological polar surface area (TPSA) is 92.3 Å². The van der Waals surface area contributed by atoms with E-state index >= 15 is 0 Å². The van der Waals surface area contributed by atoms with Crippen LogP contribution in [0.1, 0.15) is 48.1 Å². The highest BCUT2D eigenvalue weighted by Crippen LogP contribution is 2.32. The summed E-state index contributed by atoms with van der Waals surface area (Å²) in [6.45, 7) is 6.47. The highest BCUT2D eigenvalue weighted by atomic mass is 32.2. The highest BCUT2D eigenvalue weighted by molar-refractivity contribution is 7.92. The summed E-state index contributed by atoms with van der Waals surface area (Å²) >= 11 is 1.31. The van der Waals surface area contributed by atoms with Gasteiger partial charge in [-0.25, -0.2) is 8.42 Å². The maximum Gasteiger partial charge on any atom is 0.264 e. The van der Waals surface area contributed by atoms with Crippen LogP contribution in [0.2, 0.25) is 0 Å². The maximum atomic E-state index is 13.4. The van der Waals surface area contributed by atoms with Crippen LogP contribution in [0.3, 0.4) is 0 Å². The minimum atomic E-state index is -3.79. The summed E-state index contributed by atoms with van der Waals surface area (Å²) in [4.78, 5) is 12.8. The number of hydrogen-bond acceptors (Lipinski definition) is 6. The van der Waals surface area contributed by atoms with Gasteiger partial charge in [-0.05, 0) is 42.7 Å². The largest absolute Gasteiger partial charge is 0.296 e. The third kappa shape index (κ3) is 4.33. The van der Waals surface area contributed by atoms with Gasteiger partial charge in [0, 0.05) is 17.5 Å². The fourth-order valence-electron chi connectivity index (χ4n) is 3.42. The summed E-state index contributed by atoms with van der Waals surface area (Å²) in [6, 6.07) is 13.6. The lowest BCUT2D eigenvalue weighted by Gasteiger charge is -2.30. The van der Waals surface area contributed by atoms with Gasteiger partial charge in [0.25, 0.3) is 15.9 Å². The van der Waals surface area contributed by atoms with Crippen LogP contribution in [0, 0.1) is 0 Å². The number of carbonyl (C=O) groups is 1. The Labute approximate surface area is 186 Å². The monoisotopic (exact) mass is 456 g/mol. The normalized spacial score (nSPS) is 14.2. The molecule has 0 spiro atoms. The molecule has 1 N–H and O–H groups in total. The number of para-hydroxylation sites is 1. The van der Waals surface area contributed by atoms with Crippen molar-refractivity contribution in [2.75, 3.05) is 16.2 Å². The minimum Gasteiger partial charge on any atom is -0.296 e. The van der Waals surface area contributed by atoms with Gasteiger partial charge in [0.2, 0.25) is 5.13 Å². The van der Waals surface area contributed by atoms with Crippen LogP contribution in [-0.2, 0) is 21.9 Å². The summed E-state index contributed by atoms with van der Waals surface area (Å²) in [5, 5.41) is 12.1. The Morgan fingerprint density at radius 1 is 1.10 bits per heavy atom. The third-order valence-corrected chi connectivity index (χ3v) is 8.11. The maximum absolute atomic E-state index is 13.4. The number of nitrogens with zero attached hydrogens (tertiary/aromatic N) is 3. The van der Waals surface area contributed by atoms with Crippen LogP contribution in [0.4, 0.5) is 10.8 Å². The molecule has 0 atom stereocenters. The van der Waals surface area contributed by atoms with E-state index in [9.17, 15) is 13.2 Å². The third-order valence-electron chi connectivity index (χ3n) is 5.04. The van der Waals surface area contributed by atoms with Crippen LogP contribution < -0.4 is 9.62 Å². The minimum absolute atomic E-state index is 0.0875. The van der Waals surface area contributed by atoms with Gasteiger partial charge < -0.3 is 0 Å². The molecular weight excluding hydrogens is 432 g/mol. The number of nitrogens with one attached hydrogen (secondary N) is 1. The first-order chi connectivity index (χ1) is 14.7. The Balaban J connectivity index is 1.60. The van der Waals surface area contributed by atoms with E-state index in [4.69, 9.17) is 0 Å². The number of benzene rings is 2. The van der Waals surface area contributed by atoms with E-state index in [-0.39, 0.29) is 15.9 Å². The Hall–Kier alpha value is -2.78. The zero-order valence-electron chi connectivity index (χ0n) is 17.6. The number of aryl methyl sites for hydroxylation is 1. The van der Waals surface area contributed by atoms with Crippen LogP contribution >= 0.6 is 11.3 Å². The van der Waals surface area contributed by atoms with E-state index in [0.717, 1.165) is 23.4 Å². The average molecular weight is 457 g/mol. The van der Waals surface area contributed by atoms with Crippen LogP contribution in [0.25, 0.3) is 0 Å². The standard InChI is InChI=1S/C22H24N4O3S2/c1-22(2,3)20-24-25-21(30-20)23-19(27)16-9-6-11-17(14-16)31(28,29)26-13-7-10-15-8-4-5-12-18(15)26/h4-6,8-9,11-12,14H,7,10,13H2,1-3H3,(H,23,25,27). The fraction of sp³-hybridized carbons (Fsp3) is 0.318. The number of fused-ring (bicyclic) bond motifs is 1. The SMILES string of the molecule is CC(C)(C)c1nnc(NC(=O)c2cccc(S(=O)(=O)N3CCCc4ccccc43)c2)s1. The predicted octanol–water partition coefficient (Wildman–Crippen LogP) is 4.23. The Bertz CT molecular complexity index is 1230. The Morgan fingerprint density at radius 3 is 2.61 bits per heavy atom. The van der Waals surface area contributed by atoms with Gasteiger partial charge in [0.1, 0.15) is 5.01 Å². The average Bonchev–Trinajstić information content (AvgIpc) is 3.22. The number of amides is 1. The molecule has 3 aromatic rings. The Kier molecular flexibility index (Phi) is 5.57. The van der Waals surface area contributed by atoms with E-state index in [1.165, 1.54) is 27.8 Å². The first-order valence-corrected chi connectivity index (χ1v) is 12.3. The molecule has 2 aromatic carbocycles. The van der Waals surface area contributed by atoms with E-state index in [1.54, 1.807) is 12.1 Å². The highest BCUT2D eigenvalue weighted by Gasteiger charge is 2.29. The molecule has 0 aliphatic carbocycles. The molecule has 162 valence electrons. The first kappa shape index (κ1) is 21.5. The van der Waals surface area contributed by atoms with Crippen molar-refractivity contribution in [2.45, 2.75) is 43.9 Å². The van der Waals surface area contributed by atoms with Crippen molar-refractivity contribution in [3.8, 4) is 0 Å². The molecule has 0 saturated heterocycles. The molecule has 1 aliphatic rings. The molecule has 0 unspecified atom stereocenters. The van der Waals surface area contributed by atoms with Crippen LogP contribution in [0.15, 0.2) is 53.4 Å². The molecule has 4 rings (SSSR count). The predicted molar refractivity (Wildman–Crippen MR) is 122 cm³/mol. The number of hydrogen-bond donors (Lipinski definition) is 1. The Morgan fingerprint density at radius 2 is 1.87 bits per heavy atom. The van der Waals surface area contributed by atoms with Crippen molar-refractivity contribution in [2.24, 2.45) is 0 Å². The lowest BCUT2D eigenvalue weighted by atomic mass is 9.98. The smallest absolute Gasteiger partial charge is 0.264 e. The first-order valence-electron chi connectivity index (χ1n) is 10.0. The second-order valence-corrected chi connectivity index (χ2v) is 11.3.